The molecule has 0 spiro atoms. The Hall–Kier alpha value is -2.77. The van der Waals surface area contributed by atoms with E-state index in [-0.39, 0.29) is 10.8 Å². The minimum Gasteiger partial charge on any atom is -0.347 e. The second-order valence-corrected chi connectivity index (χ2v) is 8.14. The third-order valence-electron chi connectivity index (χ3n) is 4.01. The molecule has 6 nitrogen and oxygen atoms in total. The zero-order chi connectivity index (χ0) is 19.6. The van der Waals surface area contributed by atoms with Crippen molar-refractivity contribution < 1.29 is 13.2 Å². The van der Waals surface area contributed by atoms with E-state index in [2.05, 4.69) is 10.0 Å². The Morgan fingerprint density at radius 3 is 2.33 bits per heavy atom. The molecule has 0 radical (unpaired) electrons. The van der Waals surface area contributed by atoms with E-state index in [1.807, 2.05) is 0 Å². The van der Waals surface area contributed by atoms with E-state index in [0.29, 0.717) is 27.7 Å². The van der Waals surface area contributed by atoms with Gasteiger partial charge in [-0.3, -0.25) is 9.52 Å². The molecule has 1 heterocycles. The van der Waals surface area contributed by atoms with Gasteiger partial charge in [0.15, 0.2) is 0 Å². The van der Waals surface area contributed by atoms with Gasteiger partial charge in [-0.2, -0.15) is 0 Å². The van der Waals surface area contributed by atoms with Crippen molar-refractivity contribution in [3.63, 3.8) is 0 Å². The van der Waals surface area contributed by atoms with Gasteiger partial charge in [0.25, 0.3) is 15.9 Å². The molecule has 0 saturated carbocycles. The minimum absolute atomic E-state index is 0.0853. The summed E-state index contributed by atoms with van der Waals surface area (Å²) in [4.78, 5) is 12.4. The number of aryl methyl sites for hydroxylation is 2. The number of sulfonamides is 1. The van der Waals surface area contributed by atoms with E-state index >= 15 is 0 Å². The van der Waals surface area contributed by atoms with Crippen molar-refractivity contribution in [1.82, 2.24) is 4.57 Å². The first-order valence-corrected chi connectivity index (χ1v) is 9.94. The Morgan fingerprint density at radius 1 is 1.04 bits per heavy atom. The van der Waals surface area contributed by atoms with Crippen molar-refractivity contribution in [3.8, 4) is 0 Å². The monoisotopic (exact) mass is 403 g/mol. The summed E-state index contributed by atoms with van der Waals surface area (Å²) in [7, 11) is -2.07. The highest BCUT2D eigenvalue weighted by atomic mass is 35.5. The highest BCUT2D eigenvalue weighted by molar-refractivity contribution is 7.92. The number of amides is 1. The summed E-state index contributed by atoms with van der Waals surface area (Å²) in [5, 5.41) is 3.24. The van der Waals surface area contributed by atoms with Crippen LogP contribution in [0.15, 0.2) is 65.7 Å². The topological polar surface area (TPSA) is 80.2 Å². The molecule has 3 rings (SSSR count). The molecule has 2 N–H and O–H groups in total. The van der Waals surface area contributed by atoms with Gasteiger partial charge < -0.3 is 9.88 Å². The van der Waals surface area contributed by atoms with Crippen molar-refractivity contribution in [2.75, 3.05) is 10.0 Å². The van der Waals surface area contributed by atoms with Gasteiger partial charge in [-0.05, 0) is 61.0 Å². The van der Waals surface area contributed by atoms with Crippen molar-refractivity contribution in [1.29, 1.82) is 0 Å². The summed E-state index contributed by atoms with van der Waals surface area (Å²) < 4.78 is 29.7. The lowest BCUT2D eigenvalue weighted by Gasteiger charge is -2.13. The smallest absolute Gasteiger partial charge is 0.272 e. The number of rotatable bonds is 5. The Bertz CT molecular complexity index is 1090. The molecule has 1 amide bonds. The molecule has 2 aromatic carbocycles. The van der Waals surface area contributed by atoms with Crippen molar-refractivity contribution in [2.45, 2.75) is 11.8 Å². The number of nitrogens with zero attached hydrogens (tertiary/aromatic N) is 1. The summed E-state index contributed by atoms with van der Waals surface area (Å²) in [5.41, 5.74) is 1.83. The van der Waals surface area contributed by atoms with Crippen molar-refractivity contribution in [3.05, 3.63) is 77.1 Å². The molecule has 8 heteroatoms. The molecule has 0 aliphatic heterocycles. The quantitative estimate of drug-likeness (QED) is 0.674. The van der Waals surface area contributed by atoms with Gasteiger partial charge in [-0.15, -0.1) is 0 Å². The number of hydrogen-bond donors (Lipinski definition) is 2. The number of aromatic nitrogens is 1. The van der Waals surface area contributed by atoms with Crippen LogP contribution in [0.3, 0.4) is 0 Å². The van der Waals surface area contributed by atoms with Crippen LogP contribution < -0.4 is 10.0 Å². The molecule has 140 valence electrons. The number of benzene rings is 2. The van der Waals surface area contributed by atoms with E-state index in [0.717, 1.165) is 0 Å². The van der Waals surface area contributed by atoms with Crippen LogP contribution in [0.25, 0.3) is 0 Å². The number of carbonyl (C=O) groups excluding carboxylic acids is 1. The molecule has 0 saturated heterocycles. The summed E-state index contributed by atoms with van der Waals surface area (Å²) in [6, 6.07) is 14.6. The fourth-order valence-electron chi connectivity index (χ4n) is 2.59. The first-order valence-electron chi connectivity index (χ1n) is 8.08. The zero-order valence-corrected chi connectivity index (χ0v) is 16.3. The zero-order valence-electron chi connectivity index (χ0n) is 14.7. The average Bonchev–Trinajstić information content (AvgIpc) is 3.04. The maximum atomic E-state index is 12.8. The highest BCUT2D eigenvalue weighted by Gasteiger charge is 2.19. The van der Waals surface area contributed by atoms with Gasteiger partial charge in [0.2, 0.25) is 0 Å². The predicted octanol–water partition coefficient (Wildman–Crippen LogP) is 4.04. The van der Waals surface area contributed by atoms with Crippen LogP contribution in [0, 0.1) is 6.92 Å². The summed E-state index contributed by atoms with van der Waals surface area (Å²) in [5.74, 6) is -0.319. The van der Waals surface area contributed by atoms with Gasteiger partial charge in [-0.1, -0.05) is 17.7 Å². The standard InChI is InChI=1S/C19H18ClN3O3S/c1-13-5-8-16(21-19(24)17-4-3-11-23(17)2)12-18(13)27(25,26)22-15-9-6-14(20)7-10-15/h3-12,22H,1-2H3,(H,21,24). The summed E-state index contributed by atoms with van der Waals surface area (Å²) in [6.45, 7) is 1.69. The van der Waals surface area contributed by atoms with Crippen LogP contribution >= 0.6 is 11.6 Å². The lowest BCUT2D eigenvalue weighted by Crippen LogP contribution is -2.17. The number of anilines is 2. The van der Waals surface area contributed by atoms with Crippen LogP contribution in [0.2, 0.25) is 5.02 Å². The Labute approximate surface area is 162 Å². The summed E-state index contributed by atoms with van der Waals surface area (Å²) >= 11 is 5.83. The fourth-order valence-corrected chi connectivity index (χ4v) is 4.04. The molecule has 0 unspecified atom stereocenters. The van der Waals surface area contributed by atoms with Crippen LogP contribution in [0.4, 0.5) is 11.4 Å². The van der Waals surface area contributed by atoms with Gasteiger partial charge in [0, 0.05) is 29.6 Å². The molecule has 0 aliphatic carbocycles. The predicted molar refractivity (Wildman–Crippen MR) is 107 cm³/mol. The number of halogens is 1. The molecular weight excluding hydrogens is 386 g/mol. The van der Waals surface area contributed by atoms with Crippen LogP contribution in [0.1, 0.15) is 16.1 Å². The third-order valence-corrected chi connectivity index (χ3v) is 5.78. The SMILES string of the molecule is Cc1ccc(NC(=O)c2cccn2C)cc1S(=O)(=O)Nc1ccc(Cl)cc1. The lowest BCUT2D eigenvalue weighted by atomic mass is 10.2. The molecule has 3 aromatic rings. The second kappa shape index (κ2) is 7.46. The van der Waals surface area contributed by atoms with E-state index in [9.17, 15) is 13.2 Å². The highest BCUT2D eigenvalue weighted by Crippen LogP contribution is 2.24. The van der Waals surface area contributed by atoms with Gasteiger partial charge in [-0.25, -0.2) is 8.42 Å². The molecule has 0 aliphatic rings. The number of nitrogens with one attached hydrogen (secondary N) is 2. The van der Waals surface area contributed by atoms with Gasteiger partial charge in [0.1, 0.15) is 5.69 Å². The van der Waals surface area contributed by atoms with E-state index in [1.165, 1.54) is 6.07 Å². The molecule has 0 atom stereocenters. The minimum atomic E-state index is -3.83. The van der Waals surface area contributed by atoms with Gasteiger partial charge in [0.05, 0.1) is 4.90 Å². The molecular formula is C19H18ClN3O3S. The lowest BCUT2D eigenvalue weighted by molar-refractivity contribution is 0.101. The normalized spacial score (nSPS) is 11.2. The Balaban J connectivity index is 1.87. The Kier molecular flexibility index (Phi) is 5.25. The van der Waals surface area contributed by atoms with E-state index in [1.54, 1.807) is 73.3 Å². The second-order valence-electron chi connectivity index (χ2n) is 6.05. The maximum absolute atomic E-state index is 12.8. The summed E-state index contributed by atoms with van der Waals surface area (Å²) in [6.07, 6.45) is 1.76. The largest absolute Gasteiger partial charge is 0.347 e. The number of carbonyl (C=O) groups is 1. The number of hydrogen-bond acceptors (Lipinski definition) is 3. The maximum Gasteiger partial charge on any atom is 0.272 e. The molecule has 1 aromatic heterocycles. The molecule has 0 fully saturated rings. The first-order chi connectivity index (χ1) is 12.8. The van der Waals surface area contributed by atoms with Crippen LogP contribution in [0.5, 0.6) is 0 Å². The van der Waals surface area contributed by atoms with E-state index in [4.69, 9.17) is 11.6 Å². The van der Waals surface area contributed by atoms with Crippen LogP contribution in [-0.4, -0.2) is 18.9 Å². The van der Waals surface area contributed by atoms with E-state index < -0.39 is 10.0 Å². The fraction of sp³-hybridized carbons (Fsp3) is 0.105. The molecule has 27 heavy (non-hydrogen) atoms. The average molecular weight is 404 g/mol. The molecule has 0 bridgehead atoms. The van der Waals surface area contributed by atoms with Gasteiger partial charge >= 0.3 is 0 Å². The van der Waals surface area contributed by atoms with Crippen molar-refractivity contribution in [2.24, 2.45) is 7.05 Å². The Morgan fingerprint density at radius 2 is 1.70 bits per heavy atom. The first kappa shape index (κ1) is 19.0. The third kappa shape index (κ3) is 4.32. The van der Waals surface area contributed by atoms with Crippen LogP contribution in [-0.2, 0) is 17.1 Å². The van der Waals surface area contributed by atoms with Crippen molar-refractivity contribution >= 4 is 38.9 Å².